The number of nitrogens with two attached hydrogens (primary N) is 1. The minimum Gasteiger partial charge on any atom is -0.464 e. The predicted octanol–water partition coefficient (Wildman–Crippen LogP) is 1.56. The number of ether oxygens (including phenoxy) is 1. The molecule has 0 aromatic heterocycles. The Hall–Kier alpha value is -1.42. The summed E-state index contributed by atoms with van der Waals surface area (Å²) < 4.78 is 17.8. The van der Waals surface area contributed by atoms with Gasteiger partial charge in [0.2, 0.25) is 0 Å². The topological polar surface area (TPSA) is 52.3 Å². The van der Waals surface area contributed by atoms with E-state index < -0.39 is 17.3 Å². The fourth-order valence-corrected chi connectivity index (χ4v) is 1.21. The molecule has 3 nitrogen and oxygen atoms in total. The fourth-order valence-electron chi connectivity index (χ4n) is 1.21. The number of benzene rings is 1. The van der Waals surface area contributed by atoms with Crippen molar-refractivity contribution in [2.45, 2.75) is 19.4 Å². The van der Waals surface area contributed by atoms with E-state index in [4.69, 9.17) is 10.5 Å². The van der Waals surface area contributed by atoms with E-state index in [0.29, 0.717) is 5.56 Å². The maximum absolute atomic E-state index is 12.9. The molecule has 1 aromatic carbocycles. The van der Waals surface area contributed by atoms with Gasteiger partial charge < -0.3 is 10.5 Å². The first-order valence-electron chi connectivity index (χ1n) is 4.70. The average molecular weight is 211 g/mol. The summed E-state index contributed by atoms with van der Waals surface area (Å²) in [6.45, 7) is 3.44. The van der Waals surface area contributed by atoms with Crippen molar-refractivity contribution in [1.29, 1.82) is 0 Å². The predicted molar refractivity (Wildman–Crippen MR) is 54.6 cm³/mol. The summed E-state index contributed by atoms with van der Waals surface area (Å²) in [7, 11) is 0. The van der Waals surface area contributed by atoms with Gasteiger partial charge in [-0.3, -0.25) is 0 Å². The van der Waals surface area contributed by atoms with Crippen molar-refractivity contribution in [1.82, 2.24) is 0 Å². The van der Waals surface area contributed by atoms with Crippen LogP contribution < -0.4 is 5.73 Å². The lowest BCUT2D eigenvalue weighted by Gasteiger charge is -2.22. The lowest BCUT2D eigenvalue weighted by molar-refractivity contribution is -0.149. The number of carbonyl (C=O) groups excluding carboxylic acids is 1. The monoisotopic (exact) mass is 211 g/mol. The number of esters is 1. The van der Waals surface area contributed by atoms with Crippen LogP contribution in [0, 0.1) is 5.82 Å². The van der Waals surface area contributed by atoms with Gasteiger partial charge in [-0.05, 0) is 31.5 Å². The molecule has 0 saturated heterocycles. The molecule has 0 spiro atoms. The van der Waals surface area contributed by atoms with Crippen LogP contribution >= 0.6 is 0 Å². The molecule has 0 heterocycles. The van der Waals surface area contributed by atoms with Crippen molar-refractivity contribution < 1.29 is 13.9 Å². The molecule has 0 amide bonds. The number of halogens is 1. The number of hydrogen-bond donors (Lipinski definition) is 1. The number of carbonyl (C=O) groups is 1. The van der Waals surface area contributed by atoms with Gasteiger partial charge in [0.05, 0.1) is 6.61 Å². The van der Waals surface area contributed by atoms with Gasteiger partial charge in [0.25, 0.3) is 0 Å². The van der Waals surface area contributed by atoms with E-state index in [-0.39, 0.29) is 6.61 Å². The maximum Gasteiger partial charge on any atom is 0.330 e. The van der Waals surface area contributed by atoms with Crippen LogP contribution in [0.4, 0.5) is 4.39 Å². The third-order valence-electron chi connectivity index (χ3n) is 2.12. The minimum absolute atomic E-state index is 0.251. The highest BCUT2D eigenvalue weighted by molar-refractivity contribution is 5.81. The molecule has 0 aliphatic rings. The molecule has 1 unspecified atom stereocenters. The van der Waals surface area contributed by atoms with Crippen LogP contribution in [-0.2, 0) is 15.1 Å². The van der Waals surface area contributed by atoms with Crippen molar-refractivity contribution in [3.63, 3.8) is 0 Å². The summed E-state index contributed by atoms with van der Waals surface area (Å²) in [5.74, 6) is -0.982. The van der Waals surface area contributed by atoms with Crippen LogP contribution in [0.1, 0.15) is 19.4 Å². The molecule has 1 aromatic rings. The Morgan fingerprint density at radius 3 is 2.80 bits per heavy atom. The molecular weight excluding hydrogens is 197 g/mol. The van der Waals surface area contributed by atoms with E-state index in [0.717, 1.165) is 0 Å². The summed E-state index contributed by atoms with van der Waals surface area (Å²) in [6.07, 6.45) is 0. The Morgan fingerprint density at radius 1 is 1.60 bits per heavy atom. The first kappa shape index (κ1) is 11.7. The van der Waals surface area contributed by atoms with Gasteiger partial charge in [-0.25, -0.2) is 9.18 Å². The highest BCUT2D eigenvalue weighted by atomic mass is 19.1. The largest absolute Gasteiger partial charge is 0.464 e. The van der Waals surface area contributed by atoms with Gasteiger partial charge in [-0.15, -0.1) is 0 Å². The van der Waals surface area contributed by atoms with E-state index in [1.165, 1.54) is 25.1 Å². The molecule has 0 fully saturated rings. The molecule has 0 aliphatic carbocycles. The molecule has 0 saturated carbocycles. The van der Waals surface area contributed by atoms with Gasteiger partial charge in [0, 0.05) is 0 Å². The Labute approximate surface area is 88.0 Å². The molecule has 2 N–H and O–H groups in total. The molecule has 1 atom stereocenters. The van der Waals surface area contributed by atoms with E-state index in [9.17, 15) is 9.18 Å². The molecule has 4 heteroatoms. The van der Waals surface area contributed by atoms with Crippen molar-refractivity contribution in [2.24, 2.45) is 5.73 Å². The Kier molecular flexibility index (Phi) is 3.42. The number of hydrogen-bond acceptors (Lipinski definition) is 3. The zero-order chi connectivity index (χ0) is 11.5. The minimum atomic E-state index is -1.31. The SMILES string of the molecule is CCOC(=O)C(C)(N)c1cccc(F)c1. The lowest BCUT2D eigenvalue weighted by atomic mass is 9.93. The molecular formula is C11H14FNO2. The van der Waals surface area contributed by atoms with Crippen molar-refractivity contribution in [2.75, 3.05) is 6.61 Å². The molecule has 0 radical (unpaired) electrons. The van der Waals surface area contributed by atoms with E-state index >= 15 is 0 Å². The highest BCUT2D eigenvalue weighted by Crippen LogP contribution is 2.20. The van der Waals surface area contributed by atoms with Gasteiger partial charge >= 0.3 is 5.97 Å². The standard InChI is InChI=1S/C11H14FNO2/c1-3-15-10(14)11(2,13)8-5-4-6-9(12)7-8/h4-7H,3,13H2,1-2H3. The molecule has 82 valence electrons. The van der Waals surface area contributed by atoms with Crippen LogP contribution in [0.25, 0.3) is 0 Å². The Balaban J connectivity index is 2.99. The zero-order valence-electron chi connectivity index (χ0n) is 8.79. The zero-order valence-corrected chi connectivity index (χ0v) is 8.79. The van der Waals surface area contributed by atoms with Gasteiger partial charge in [-0.2, -0.15) is 0 Å². The quantitative estimate of drug-likeness (QED) is 0.772. The average Bonchev–Trinajstić information content (AvgIpc) is 2.18. The second kappa shape index (κ2) is 4.40. The Bertz CT molecular complexity index is 363. The van der Waals surface area contributed by atoms with Gasteiger partial charge in [0.15, 0.2) is 0 Å². The normalized spacial score (nSPS) is 14.4. The summed E-state index contributed by atoms with van der Waals surface area (Å²) >= 11 is 0. The van der Waals surface area contributed by atoms with E-state index in [2.05, 4.69) is 0 Å². The molecule has 1 rings (SSSR count). The molecule has 0 bridgehead atoms. The first-order valence-corrected chi connectivity index (χ1v) is 4.70. The Morgan fingerprint density at radius 2 is 2.27 bits per heavy atom. The first-order chi connectivity index (χ1) is 6.98. The van der Waals surface area contributed by atoms with Crippen LogP contribution in [0.2, 0.25) is 0 Å². The van der Waals surface area contributed by atoms with Crippen LogP contribution in [0.5, 0.6) is 0 Å². The van der Waals surface area contributed by atoms with Crippen molar-refractivity contribution >= 4 is 5.97 Å². The molecule has 0 aliphatic heterocycles. The van der Waals surface area contributed by atoms with Crippen molar-refractivity contribution in [3.8, 4) is 0 Å². The summed E-state index contributed by atoms with van der Waals surface area (Å²) in [6, 6.07) is 5.64. The summed E-state index contributed by atoms with van der Waals surface area (Å²) in [5, 5.41) is 0. The molecule has 15 heavy (non-hydrogen) atoms. The summed E-state index contributed by atoms with van der Waals surface area (Å²) in [4.78, 5) is 11.5. The second-order valence-corrected chi connectivity index (χ2v) is 3.43. The van der Waals surface area contributed by atoms with Crippen LogP contribution in [0.3, 0.4) is 0 Å². The fraction of sp³-hybridized carbons (Fsp3) is 0.364. The third kappa shape index (κ3) is 2.53. The number of rotatable bonds is 3. The van der Waals surface area contributed by atoms with Crippen LogP contribution in [0.15, 0.2) is 24.3 Å². The van der Waals surface area contributed by atoms with Gasteiger partial charge in [-0.1, -0.05) is 12.1 Å². The summed E-state index contributed by atoms with van der Waals surface area (Å²) in [5.41, 5.74) is 4.89. The van der Waals surface area contributed by atoms with Gasteiger partial charge in [0.1, 0.15) is 11.4 Å². The van der Waals surface area contributed by atoms with Crippen LogP contribution in [-0.4, -0.2) is 12.6 Å². The highest BCUT2D eigenvalue weighted by Gasteiger charge is 2.32. The van der Waals surface area contributed by atoms with E-state index in [1.807, 2.05) is 0 Å². The van der Waals surface area contributed by atoms with Crippen molar-refractivity contribution in [3.05, 3.63) is 35.6 Å². The smallest absolute Gasteiger partial charge is 0.330 e. The van der Waals surface area contributed by atoms with E-state index in [1.54, 1.807) is 13.0 Å². The maximum atomic E-state index is 12.9. The lowest BCUT2D eigenvalue weighted by Crippen LogP contribution is -2.43. The third-order valence-corrected chi connectivity index (χ3v) is 2.12. The second-order valence-electron chi connectivity index (χ2n) is 3.43.